The summed E-state index contributed by atoms with van der Waals surface area (Å²) >= 11 is 6.14. The summed E-state index contributed by atoms with van der Waals surface area (Å²) in [6, 6.07) is 13.7. The number of primary sulfonamides is 1. The Morgan fingerprint density at radius 2 is 1.81 bits per heavy atom. The van der Waals surface area contributed by atoms with Gasteiger partial charge in [-0.3, -0.25) is 4.79 Å². The number of hydrogen-bond acceptors (Lipinski definition) is 4. The summed E-state index contributed by atoms with van der Waals surface area (Å²) in [7, 11) is -3.68. The molecule has 2 aromatic carbocycles. The van der Waals surface area contributed by atoms with E-state index in [1.165, 1.54) is 12.1 Å². The Kier molecular flexibility index (Phi) is 7.16. The van der Waals surface area contributed by atoms with Gasteiger partial charge in [0.2, 0.25) is 15.9 Å². The van der Waals surface area contributed by atoms with Crippen molar-refractivity contribution in [2.75, 3.05) is 13.1 Å². The minimum Gasteiger partial charge on any atom is -0.355 e. The molecule has 0 bridgehead atoms. The SMILES string of the molecule is C[C@@H](NCC(=O)NCCc1ccc(S(N)(=O)=O)cc1)c1ccccc1Cl. The zero-order valence-corrected chi connectivity index (χ0v) is 16.0. The van der Waals surface area contributed by atoms with Crippen molar-refractivity contribution in [2.24, 2.45) is 5.14 Å². The quantitative estimate of drug-likeness (QED) is 0.636. The molecule has 2 aromatic rings. The molecule has 0 heterocycles. The zero-order chi connectivity index (χ0) is 19.2. The average Bonchev–Trinajstić information content (AvgIpc) is 2.60. The first-order valence-corrected chi connectivity index (χ1v) is 10.1. The van der Waals surface area contributed by atoms with E-state index in [1.54, 1.807) is 12.1 Å². The van der Waals surface area contributed by atoms with Crippen molar-refractivity contribution < 1.29 is 13.2 Å². The van der Waals surface area contributed by atoms with Crippen LogP contribution in [-0.2, 0) is 21.2 Å². The van der Waals surface area contributed by atoms with E-state index in [0.717, 1.165) is 11.1 Å². The lowest BCUT2D eigenvalue weighted by Crippen LogP contribution is -2.36. The van der Waals surface area contributed by atoms with Crippen LogP contribution < -0.4 is 15.8 Å². The molecule has 0 saturated carbocycles. The van der Waals surface area contributed by atoms with E-state index < -0.39 is 10.0 Å². The van der Waals surface area contributed by atoms with Crippen molar-refractivity contribution in [3.8, 4) is 0 Å². The van der Waals surface area contributed by atoms with Gasteiger partial charge in [0.15, 0.2) is 0 Å². The van der Waals surface area contributed by atoms with Crippen LogP contribution in [0, 0.1) is 0 Å². The number of amides is 1. The molecule has 1 amide bonds. The van der Waals surface area contributed by atoms with E-state index in [-0.39, 0.29) is 23.4 Å². The molecule has 0 fully saturated rings. The highest BCUT2D eigenvalue weighted by molar-refractivity contribution is 7.89. The molecule has 0 saturated heterocycles. The lowest BCUT2D eigenvalue weighted by atomic mass is 10.1. The Morgan fingerprint density at radius 1 is 1.15 bits per heavy atom. The molecule has 2 rings (SSSR count). The maximum atomic E-state index is 11.9. The van der Waals surface area contributed by atoms with Crippen molar-refractivity contribution in [2.45, 2.75) is 24.3 Å². The maximum Gasteiger partial charge on any atom is 0.238 e. The molecule has 0 aromatic heterocycles. The summed E-state index contributed by atoms with van der Waals surface area (Å²) in [5.74, 6) is -0.120. The van der Waals surface area contributed by atoms with Gasteiger partial charge in [-0.05, 0) is 42.7 Å². The van der Waals surface area contributed by atoms with Crippen molar-refractivity contribution in [1.29, 1.82) is 0 Å². The Morgan fingerprint density at radius 3 is 2.42 bits per heavy atom. The number of sulfonamides is 1. The first kappa shape index (κ1) is 20.4. The van der Waals surface area contributed by atoms with Gasteiger partial charge in [-0.1, -0.05) is 41.9 Å². The van der Waals surface area contributed by atoms with Gasteiger partial charge in [0.1, 0.15) is 0 Å². The van der Waals surface area contributed by atoms with Crippen LogP contribution in [-0.4, -0.2) is 27.4 Å². The van der Waals surface area contributed by atoms with Crippen LogP contribution >= 0.6 is 11.6 Å². The van der Waals surface area contributed by atoms with Gasteiger partial charge in [0, 0.05) is 17.6 Å². The van der Waals surface area contributed by atoms with E-state index >= 15 is 0 Å². The third-order valence-electron chi connectivity index (χ3n) is 3.93. The van der Waals surface area contributed by atoms with Gasteiger partial charge in [-0.2, -0.15) is 0 Å². The molecule has 6 nitrogen and oxygen atoms in total. The highest BCUT2D eigenvalue weighted by atomic mass is 35.5. The number of hydrogen-bond donors (Lipinski definition) is 3. The third kappa shape index (κ3) is 6.10. The smallest absolute Gasteiger partial charge is 0.238 e. The summed E-state index contributed by atoms with van der Waals surface area (Å²) in [6.45, 7) is 2.58. The van der Waals surface area contributed by atoms with E-state index in [9.17, 15) is 13.2 Å². The Bertz CT molecular complexity index is 854. The molecule has 4 N–H and O–H groups in total. The molecule has 8 heteroatoms. The molecule has 26 heavy (non-hydrogen) atoms. The van der Waals surface area contributed by atoms with Crippen LogP contribution in [0.2, 0.25) is 5.02 Å². The normalized spacial score (nSPS) is 12.6. The number of rotatable bonds is 8. The van der Waals surface area contributed by atoms with Gasteiger partial charge in [-0.15, -0.1) is 0 Å². The van der Waals surface area contributed by atoms with Gasteiger partial charge < -0.3 is 10.6 Å². The van der Waals surface area contributed by atoms with Crippen molar-refractivity contribution in [1.82, 2.24) is 10.6 Å². The maximum absolute atomic E-state index is 11.9. The minimum atomic E-state index is -3.68. The molecule has 1 atom stereocenters. The summed E-state index contributed by atoms with van der Waals surface area (Å²) in [4.78, 5) is 12.0. The molecular weight excluding hydrogens is 374 g/mol. The predicted molar refractivity (Wildman–Crippen MR) is 102 cm³/mol. The van der Waals surface area contributed by atoms with Crippen molar-refractivity contribution in [3.63, 3.8) is 0 Å². The van der Waals surface area contributed by atoms with E-state index in [0.29, 0.717) is 18.0 Å². The summed E-state index contributed by atoms with van der Waals surface area (Å²) in [6.07, 6.45) is 0.594. The lowest BCUT2D eigenvalue weighted by Gasteiger charge is -2.15. The molecule has 0 spiro atoms. The molecule has 0 unspecified atom stereocenters. The van der Waals surface area contributed by atoms with Gasteiger partial charge in [-0.25, -0.2) is 13.6 Å². The summed E-state index contributed by atoms with van der Waals surface area (Å²) in [5.41, 5.74) is 1.85. The van der Waals surface area contributed by atoms with Crippen LogP contribution in [0.25, 0.3) is 0 Å². The average molecular weight is 396 g/mol. The Balaban J connectivity index is 1.74. The largest absolute Gasteiger partial charge is 0.355 e. The number of carbonyl (C=O) groups excluding carboxylic acids is 1. The second-order valence-corrected chi connectivity index (χ2v) is 7.88. The highest BCUT2D eigenvalue weighted by Crippen LogP contribution is 2.21. The van der Waals surface area contributed by atoms with Crippen LogP contribution in [0.3, 0.4) is 0 Å². The number of nitrogens with one attached hydrogen (secondary N) is 2. The summed E-state index contributed by atoms with van der Waals surface area (Å²) in [5, 5.41) is 11.7. The molecule has 0 radical (unpaired) electrons. The first-order chi connectivity index (χ1) is 12.3. The fraction of sp³-hybridized carbons (Fsp3) is 0.278. The predicted octanol–water partition coefficient (Wildman–Crippen LogP) is 2.00. The molecule has 0 aliphatic heterocycles. The molecule has 0 aliphatic rings. The van der Waals surface area contributed by atoms with Crippen LogP contribution in [0.15, 0.2) is 53.4 Å². The standard InChI is InChI=1S/C18H22ClN3O3S/c1-13(16-4-2-3-5-17(16)19)22-12-18(23)21-11-10-14-6-8-15(9-7-14)26(20,24)25/h2-9,13,22H,10-12H2,1H3,(H,21,23)(H2,20,24,25)/t13-/m1/s1. The number of carbonyl (C=O) groups is 1. The molecular formula is C18H22ClN3O3S. The summed E-state index contributed by atoms with van der Waals surface area (Å²) < 4.78 is 22.4. The lowest BCUT2D eigenvalue weighted by molar-refractivity contribution is -0.120. The van der Waals surface area contributed by atoms with Crippen molar-refractivity contribution >= 4 is 27.5 Å². The number of benzene rings is 2. The van der Waals surface area contributed by atoms with E-state index in [2.05, 4.69) is 10.6 Å². The Labute approximate surface area is 158 Å². The zero-order valence-electron chi connectivity index (χ0n) is 14.4. The highest BCUT2D eigenvalue weighted by Gasteiger charge is 2.10. The van der Waals surface area contributed by atoms with Crippen LogP contribution in [0.1, 0.15) is 24.1 Å². The fourth-order valence-corrected chi connectivity index (χ4v) is 3.25. The second kappa shape index (κ2) is 9.14. The molecule has 0 aliphatic carbocycles. The van der Waals surface area contributed by atoms with E-state index in [4.69, 9.17) is 16.7 Å². The first-order valence-electron chi connectivity index (χ1n) is 8.13. The monoisotopic (exact) mass is 395 g/mol. The number of nitrogens with two attached hydrogens (primary N) is 1. The van der Waals surface area contributed by atoms with Crippen molar-refractivity contribution in [3.05, 3.63) is 64.7 Å². The third-order valence-corrected chi connectivity index (χ3v) is 5.20. The van der Waals surface area contributed by atoms with Crippen LogP contribution in [0.5, 0.6) is 0 Å². The molecule has 140 valence electrons. The van der Waals surface area contributed by atoms with Crippen LogP contribution in [0.4, 0.5) is 0 Å². The Hall–Kier alpha value is -1.93. The van der Waals surface area contributed by atoms with Gasteiger partial charge >= 0.3 is 0 Å². The fourth-order valence-electron chi connectivity index (χ4n) is 2.44. The topological polar surface area (TPSA) is 101 Å². The minimum absolute atomic E-state index is 0.0415. The van der Waals surface area contributed by atoms with Gasteiger partial charge in [0.05, 0.1) is 11.4 Å². The van der Waals surface area contributed by atoms with E-state index in [1.807, 2.05) is 31.2 Å². The van der Waals surface area contributed by atoms with Gasteiger partial charge in [0.25, 0.3) is 0 Å². The number of halogens is 1. The second-order valence-electron chi connectivity index (χ2n) is 5.91.